The van der Waals surface area contributed by atoms with Gasteiger partial charge in [-0.25, -0.2) is 37.2 Å². The number of phosphoric acid groups is 1. The fraction of sp³-hybridized carbons (Fsp3) is 0.361. The third kappa shape index (κ3) is 11.1. The Bertz CT molecular complexity index is 2440. The lowest BCUT2D eigenvalue weighted by atomic mass is 10.0. The van der Waals surface area contributed by atoms with Gasteiger partial charge >= 0.3 is 31.9 Å². The number of anilines is 1. The number of rotatable bonds is 13. The molecule has 332 valence electrons. The molecule has 0 unspecified atom stereocenters. The third-order valence-electron chi connectivity index (χ3n) is 9.39. The highest BCUT2D eigenvalue weighted by Gasteiger charge is 2.40. The minimum absolute atomic E-state index is 0.0434. The molecule has 2 atom stereocenters. The Hall–Kier alpha value is -6.82. The Morgan fingerprint density at radius 3 is 2.47 bits per heavy atom. The summed E-state index contributed by atoms with van der Waals surface area (Å²) in [5, 5.41) is 25.6. The molecule has 0 radical (unpaired) electrons. The van der Waals surface area contributed by atoms with E-state index >= 15 is 0 Å². The quantitative estimate of drug-likeness (QED) is 0.122. The van der Waals surface area contributed by atoms with Crippen LogP contribution >= 0.6 is 7.82 Å². The average Bonchev–Trinajstić information content (AvgIpc) is 3.19. The second-order valence-corrected chi connectivity index (χ2v) is 15.1. The molecule has 4 heterocycles. The molecular formula is C36H38F2N7O16P. The highest BCUT2D eigenvalue weighted by atomic mass is 31.2. The summed E-state index contributed by atoms with van der Waals surface area (Å²) in [6, 6.07) is 2.27. The van der Waals surface area contributed by atoms with E-state index in [4.69, 9.17) is 19.4 Å². The van der Waals surface area contributed by atoms with Crippen LogP contribution in [0.4, 0.5) is 24.2 Å². The van der Waals surface area contributed by atoms with Crippen molar-refractivity contribution in [3.8, 4) is 5.75 Å². The monoisotopic (exact) mass is 893 g/mol. The van der Waals surface area contributed by atoms with Gasteiger partial charge in [0.05, 0.1) is 23.9 Å². The van der Waals surface area contributed by atoms with Gasteiger partial charge in [-0.2, -0.15) is 0 Å². The van der Waals surface area contributed by atoms with E-state index in [0.29, 0.717) is 28.0 Å². The lowest BCUT2D eigenvalue weighted by Gasteiger charge is -2.40. The van der Waals surface area contributed by atoms with E-state index in [9.17, 15) is 57.1 Å². The Morgan fingerprint density at radius 1 is 1.08 bits per heavy atom. The number of hydrogen-bond donors (Lipinski definition) is 5. The predicted molar refractivity (Wildman–Crippen MR) is 204 cm³/mol. The maximum atomic E-state index is 14.5. The molecular weight excluding hydrogens is 855 g/mol. The summed E-state index contributed by atoms with van der Waals surface area (Å²) in [5.74, 6) is -8.38. The number of carbonyl (C=O) groups is 6. The molecule has 2 bridgehead atoms. The van der Waals surface area contributed by atoms with Crippen LogP contribution in [0.15, 0.2) is 46.6 Å². The van der Waals surface area contributed by atoms with Crippen molar-refractivity contribution in [1.29, 1.82) is 0 Å². The Balaban J connectivity index is 1.58. The van der Waals surface area contributed by atoms with Crippen molar-refractivity contribution in [1.82, 2.24) is 24.7 Å². The summed E-state index contributed by atoms with van der Waals surface area (Å²) >= 11 is 0. The molecule has 4 amide bonds. The number of aromatic nitrogens is 2. The summed E-state index contributed by atoms with van der Waals surface area (Å²) in [6.07, 6.45) is -0.738. The zero-order valence-electron chi connectivity index (χ0n) is 32.8. The van der Waals surface area contributed by atoms with Crippen LogP contribution in [0, 0.1) is 11.6 Å². The molecule has 62 heavy (non-hydrogen) atoms. The van der Waals surface area contributed by atoms with Gasteiger partial charge in [-0.3, -0.25) is 29.0 Å². The average molecular weight is 894 g/mol. The number of carbonyl (C=O) groups excluding carboxylic acids is 4. The van der Waals surface area contributed by atoms with E-state index < -0.39 is 128 Å². The number of fused-ring (bicyclic) bond motifs is 4. The van der Waals surface area contributed by atoms with Crippen LogP contribution in [0.25, 0.3) is 0 Å². The molecule has 2 aliphatic rings. The molecule has 2 aromatic heterocycles. The number of phosphoric ester groups is 1. The zero-order valence-corrected chi connectivity index (χ0v) is 33.7. The molecule has 1 aromatic carbocycles. The number of oxime groups is 1. The zero-order chi connectivity index (χ0) is 45.6. The molecule has 26 heteroatoms. The van der Waals surface area contributed by atoms with Crippen LogP contribution in [0.3, 0.4) is 0 Å². The number of aromatic carboxylic acids is 1. The summed E-state index contributed by atoms with van der Waals surface area (Å²) < 4.78 is 54.6. The van der Waals surface area contributed by atoms with Crippen LogP contribution in [-0.4, -0.2) is 121 Å². The topological polar surface area (TPSA) is 306 Å². The molecule has 23 nitrogen and oxygen atoms in total. The van der Waals surface area contributed by atoms with Gasteiger partial charge < -0.3 is 49.1 Å². The summed E-state index contributed by atoms with van der Waals surface area (Å²) in [5.41, 5.74) is -2.97. The minimum atomic E-state index is -5.14. The van der Waals surface area contributed by atoms with Crippen LogP contribution in [0.5, 0.6) is 5.75 Å². The fourth-order valence-corrected chi connectivity index (χ4v) is 6.55. The van der Waals surface area contributed by atoms with E-state index in [2.05, 4.69) is 24.7 Å². The molecule has 5 N–H and O–H groups in total. The van der Waals surface area contributed by atoms with Crippen LogP contribution in [0.2, 0.25) is 0 Å². The SMILES string of the molecule is C/C1=N/OCC[C@H](C)N2C[C@H](C1)n1cc(C(=O)NCc3ccc(F)cc3F)c(=O)c(OC(=O)N(C)c3ncc(C(=O)O)cc3CN(CC(=O)O)C(=O)OCOP(=O)(O)O)c1C2=O. The number of hydrogen-bond acceptors (Lipinski definition) is 14. The van der Waals surface area contributed by atoms with E-state index in [1.807, 2.05) is 0 Å². The van der Waals surface area contributed by atoms with Gasteiger partial charge in [0.15, 0.2) is 5.69 Å². The number of ether oxygens (including phenoxy) is 2. The number of halogens is 2. The molecule has 0 fully saturated rings. The fourth-order valence-electron chi connectivity index (χ4n) is 6.36. The first-order valence-electron chi connectivity index (χ1n) is 18.1. The first kappa shape index (κ1) is 46.2. The smallest absolute Gasteiger partial charge is 0.472 e. The molecule has 3 aromatic rings. The van der Waals surface area contributed by atoms with Crippen molar-refractivity contribution >= 4 is 55.3 Å². The number of carboxylic acid groups (broad SMARTS) is 2. The van der Waals surface area contributed by atoms with Crippen molar-refractivity contribution in [2.24, 2.45) is 5.16 Å². The first-order valence-corrected chi connectivity index (χ1v) is 19.7. The summed E-state index contributed by atoms with van der Waals surface area (Å²) in [6.45, 7) is -0.348. The van der Waals surface area contributed by atoms with E-state index in [0.717, 1.165) is 37.6 Å². The van der Waals surface area contributed by atoms with Gasteiger partial charge in [0, 0.05) is 68.6 Å². The summed E-state index contributed by atoms with van der Waals surface area (Å²) in [4.78, 5) is 122. The van der Waals surface area contributed by atoms with Crippen molar-refractivity contribution in [2.75, 3.05) is 38.4 Å². The van der Waals surface area contributed by atoms with E-state index in [1.165, 1.54) is 9.47 Å². The van der Waals surface area contributed by atoms with Crippen molar-refractivity contribution in [2.45, 2.75) is 51.9 Å². The van der Waals surface area contributed by atoms with E-state index in [-0.39, 0.29) is 30.7 Å². The van der Waals surface area contributed by atoms with Gasteiger partial charge in [-0.05, 0) is 26.0 Å². The first-order chi connectivity index (χ1) is 29.1. The van der Waals surface area contributed by atoms with Crippen molar-refractivity contribution in [3.63, 3.8) is 0 Å². The lowest BCUT2D eigenvalue weighted by molar-refractivity contribution is -0.138. The number of carboxylic acids is 2. The second kappa shape index (κ2) is 19.3. The van der Waals surface area contributed by atoms with Gasteiger partial charge in [0.25, 0.3) is 11.8 Å². The molecule has 0 aliphatic carbocycles. The number of nitrogens with one attached hydrogen (secondary N) is 1. The molecule has 0 saturated heterocycles. The normalized spacial score (nSPS) is 17.0. The van der Waals surface area contributed by atoms with Gasteiger partial charge in [-0.15, -0.1) is 0 Å². The number of benzene rings is 1. The second-order valence-electron chi connectivity index (χ2n) is 13.8. The number of amides is 4. The standard InChI is InChI=1S/C36H38F2N7O16P/c1-18-8-24-14-44(19(2)6-7-59-41-18)33(50)28-30(29(48)25(15-45(24)28)32(49)40-11-20-4-5-23(37)10-26(20)38)61-35(53)42(3)31-22(9-21(12-39-31)34(51)52)13-43(16-27(46)47)36(54)58-17-60-62(55,56)57/h4-5,9-10,12,15,19,24H,6-8,11,13-14,16-17H2,1-3H3,(H,40,49)(H,46,47)(H,51,52)(H2,55,56,57)/b41-18-/t19-,24-/m0/s1. The van der Waals surface area contributed by atoms with Crippen LogP contribution in [0.1, 0.15) is 75.1 Å². The largest absolute Gasteiger partial charge is 0.480 e. The summed E-state index contributed by atoms with van der Waals surface area (Å²) in [7, 11) is -4.12. The number of aliphatic carboxylic acids is 1. The highest BCUT2D eigenvalue weighted by molar-refractivity contribution is 7.46. The highest BCUT2D eigenvalue weighted by Crippen LogP contribution is 2.36. The van der Waals surface area contributed by atoms with Gasteiger partial charge in [0.2, 0.25) is 18.0 Å². The lowest BCUT2D eigenvalue weighted by Crippen LogP contribution is -2.50. The van der Waals surface area contributed by atoms with Gasteiger partial charge in [0.1, 0.15) is 36.2 Å². The number of pyridine rings is 2. The maximum Gasteiger partial charge on any atom is 0.472 e. The van der Waals surface area contributed by atoms with E-state index in [1.54, 1.807) is 13.8 Å². The van der Waals surface area contributed by atoms with Crippen LogP contribution in [-0.2, 0) is 36.5 Å². The molecule has 0 saturated carbocycles. The minimum Gasteiger partial charge on any atom is -0.480 e. The van der Waals surface area contributed by atoms with Gasteiger partial charge in [-0.1, -0.05) is 11.2 Å². The Morgan fingerprint density at radius 2 is 1.81 bits per heavy atom. The van der Waals surface area contributed by atoms with Crippen LogP contribution < -0.4 is 20.4 Å². The molecule has 0 spiro atoms. The Kier molecular flexibility index (Phi) is 14.4. The maximum absolute atomic E-state index is 14.5. The predicted octanol–water partition coefficient (Wildman–Crippen LogP) is 2.45. The Labute approximate surface area is 348 Å². The van der Waals surface area contributed by atoms with Crippen molar-refractivity contribution < 1.29 is 80.9 Å². The third-order valence-corrected chi connectivity index (χ3v) is 9.83. The van der Waals surface area contributed by atoms with Crippen molar-refractivity contribution in [3.05, 3.63) is 86.5 Å². The molecule has 2 aliphatic heterocycles. The number of nitrogens with zero attached hydrogens (tertiary/aromatic N) is 6. The molecule has 5 rings (SSSR count).